The highest BCUT2D eigenvalue weighted by atomic mass is 16.5. The maximum atomic E-state index is 12.4. The summed E-state index contributed by atoms with van der Waals surface area (Å²) in [6, 6.07) is 14.8. The molecular weight excluding hydrogens is 266 g/mol. The molecule has 0 aliphatic rings. The van der Waals surface area contributed by atoms with Crippen LogP contribution in [0.25, 0.3) is 11.0 Å². The Kier molecular flexibility index (Phi) is 3.31. The second kappa shape index (κ2) is 5.28. The average molecular weight is 281 g/mol. The number of anilines is 1. The van der Waals surface area contributed by atoms with E-state index in [0.717, 1.165) is 11.0 Å². The lowest BCUT2D eigenvalue weighted by Crippen LogP contribution is -2.15. The van der Waals surface area contributed by atoms with Crippen LogP contribution < -0.4 is 10.1 Å². The SMILES string of the molecule is COc1ccccc1C(=O)Nc1nc2ccccc2n1C. The summed E-state index contributed by atoms with van der Waals surface area (Å²) in [5.41, 5.74) is 2.29. The third-order valence-electron chi connectivity index (χ3n) is 3.36. The number of rotatable bonds is 3. The van der Waals surface area contributed by atoms with Gasteiger partial charge in [0.25, 0.3) is 5.91 Å². The second-order valence-electron chi connectivity index (χ2n) is 4.64. The van der Waals surface area contributed by atoms with Crippen molar-refractivity contribution in [3.8, 4) is 5.75 Å². The molecule has 1 heterocycles. The Hall–Kier alpha value is -2.82. The number of nitrogens with zero attached hydrogens (tertiary/aromatic N) is 2. The average Bonchev–Trinajstić information content (AvgIpc) is 2.84. The van der Waals surface area contributed by atoms with Crippen molar-refractivity contribution in [2.24, 2.45) is 7.05 Å². The number of hydrogen-bond donors (Lipinski definition) is 1. The number of carbonyl (C=O) groups excluding carboxylic acids is 1. The largest absolute Gasteiger partial charge is 0.496 e. The molecule has 0 radical (unpaired) electrons. The van der Waals surface area contributed by atoms with E-state index in [4.69, 9.17) is 4.74 Å². The molecule has 0 bridgehead atoms. The first kappa shape index (κ1) is 13.2. The fraction of sp³-hybridized carbons (Fsp3) is 0.125. The molecule has 2 aromatic carbocycles. The molecule has 21 heavy (non-hydrogen) atoms. The first-order valence-electron chi connectivity index (χ1n) is 6.56. The summed E-state index contributed by atoms with van der Waals surface area (Å²) in [6.45, 7) is 0. The smallest absolute Gasteiger partial charge is 0.261 e. The first-order chi connectivity index (χ1) is 10.2. The number of imidazole rings is 1. The van der Waals surface area contributed by atoms with Gasteiger partial charge < -0.3 is 9.30 Å². The molecule has 0 spiro atoms. The zero-order valence-corrected chi connectivity index (χ0v) is 11.8. The van der Waals surface area contributed by atoms with Crippen LogP contribution in [0.1, 0.15) is 10.4 Å². The molecule has 0 atom stereocenters. The molecule has 3 aromatic rings. The summed E-state index contributed by atoms with van der Waals surface area (Å²) in [4.78, 5) is 16.8. The molecular formula is C16H15N3O2. The van der Waals surface area contributed by atoms with Gasteiger partial charge in [-0.2, -0.15) is 0 Å². The van der Waals surface area contributed by atoms with E-state index in [1.807, 2.05) is 41.9 Å². The van der Waals surface area contributed by atoms with Crippen molar-refractivity contribution < 1.29 is 9.53 Å². The molecule has 5 nitrogen and oxygen atoms in total. The van der Waals surface area contributed by atoms with Crippen LogP contribution >= 0.6 is 0 Å². The molecule has 0 fully saturated rings. The number of nitrogens with one attached hydrogen (secondary N) is 1. The minimum absolute atomic E-state index is 0.245. The predicted octanol–water partition coefficient (Wildman–Crippen LogP) is 2.83. The molecule has 0 saturated heterocycles. The van der Waals surface area contributed by atoms with Gasteiger partial charge in [-0.05, 0) is 24.3 Å². The number of benzene rings is 2. The molecule has 1 N–H and O–H groups in total. The Morgan fingerprint density at radius 3 is 2.62 bits per heavy atom. The van der Waals surface area contributed by atoms with Crippen LogP contribution in [-0.4, -0.2) is 22.6 Å². The van der Waals surface area contributed by atoms with Gasteiger partial charge in [0.2, 0.25) is 5.95 Å². The zero-order valence-electron chi connectivity index (χ0n) is 11.8. The van der Waals surface area contributed by atoms with E-state index < -0.39 is 0 Å². The van der Waals surface area contributed by atoms with E-state index in [1.165, 1.54) is 0 Å². The van der Waals surface area contributed by atoms with E-state index in [1.54, 1.807) is 25.3 Å². The minimum atomic E-state index is -0.245. The van der Waals surface area contributed by atoms with Gasteiger partial charge in [0.15, 0.2) is 0 Å². The van der Waals surface area contributed by atoms with Crippen molar-refractivity contribution >= 4 is 22.9 Å². The molecule has 0 aliphatic heterocycles. The van der Waals surface area contributed by atoms with Crippen molar-refractivity contribution in [2.45, 2.75) is 0 Å². The van der Waals surface area contributed by atoms with Gasteiger partial charge in [0.1, 0.15) is 5.75 Å². The highest BCUT2D eigenvalue weighted by Crippen LogP contribution is 2.21. The standard InChI is InChI=1S/C16H15N3O2/c1-19-13-9-5-4-8-12(13)17-16(19)18-15(20)11-7-3-6-10-14(11)21-2/h3-10H,1-2H3,(H,17,18,20). The van der Waals surface area contributed by atoms with Gasteiger partial charge in [0, 0.05) is 7.05 Å². The van der Waals surface area contributed by atoms with Crippen LogP contribution in [-0.2, 0) is 7.05 Å². The van der Waals surface area contributed by atoms with Gasteiger partial charge in [-0.25, -0.2) is 4.98 Å². The van der Waals surface area contributed by atoms with Gasteiger partial charge in [-0.15, -0.1) is 0 Å². The Morgan fingerprint density at radius 2 is 1.86 bits per heavy atom. The highest BCUT2D eigenvalue weighted by molar-refractivity contribution is 6.06. The van der Waals surface area contributed by atoms with E-state index in [-0.39, 0.29) is 5.91 Å². The number of amides is 1. The number of carbonyl (C=O) groups is 1. The summed E-state index contributed by atoms with van der Waals surface area (Å²) in [5, 5.41) is 2.82. The molecule has 1 amide bonds. The maximum absolute atomic E-state index is 12.4. The van der Waals surface area contributed by atoms with E-state index in [9.17, 15) is 4.79 Å². The topological polar surface area (TPSA) is 56.1 Å². The molecule has 0 unspecified atom stereocenters. The van der Waals surface area contributed by atoms with E-state index >= 15 is 0 Å². The fourth-order valence-electron chi connectivity index (χ4n) is 2.26. The summed E-state index contributed by atoms with van der Waals surface area (Å²) in [5.74, 6) is 0.798. The second-order valence-corrected chi connectivity index (χ2v) is 4.64. The number of fused-ring (bicyclic) bond motifs is 1. The summed E-state index contributed by atoms with van der Waals surface area (Å²) >= 11 is 0. The molecule has 5 heteroatoms. The predicted molar refractivity (Wildman–Crippen MR) is 81.7 cm³/mol. The quantitative estimate of drug-likeness (QED) is 0.803. The lowest BCUT2D eigenvalue weighted by molar-refractivity contribution is 0.102. The number of aromatic nitrogens is 2. The zero-order chi connectivity index (χ0) is 14.8. The lowest BCUT2D eigenvalue weighted by Gasteiger charge is -2.08. The minimum Gasteiger partial charge on any atom is -0.496 e. The highest BCUT2D eigenvalue weighted by Gasteiger charge is 2.15. The van der Waals surface area contributed by atoms with Crippen LogP contribution in [0.2, 0.25) is 0 Å². The fourth-order valence-corrected chi connectivity index (χ4v) is 2.26. The molecule has 1 aromatic heterocycles. The Bertz CT molecular complexity index is 808. The van der Waals surface area contributed by atoms with Gasteiger partial charge >= 0.3 is 0 Å². The van der Waals surface area contributed by atoms with Crippen molar-refractivity contribution in [1.29, 1.82) is 0 Å². The maximum Gasteiger partial charge on any atom is 0.261 e. The van der Waals surface area contributed by atoms with Crippen molar-refractivity contribution in [1.82, 2.24) is 9.55 Å². The van der Waals surface area contributed by atoms with Crippen molar-refractivity contribution in [3.63, 3.8) is 0 Å². The summed E-state index contributed by atoms with van der Waals surface area (Å²) in [7, 11) is 3.41. The van der Waals surface area contributed by atoms with Crippen LogP contribution in [0.5, 0.6) is 5.75 Å². The number of aryl methyl sites for hydroxylation is 1. The van der Waals surface area contributed by atoms with Crippen LogP contribution in [0.15, 0.2) is 48.5 Å². The molecule has 0 saturated carbocycles. The number of methoxy groups -OCH3 is 1. The Morgan fingerprint density at radius 1 is 1.14 bits per heavy atom. The van der Waals surface area contributed by atoms with Gasteiger partial charge in [-0.1, -0.05) is 24.3 Å². The van der Waals surface area contributed by atoms with E-state index in [0.29, 0.717) is 17.3 Å². The first-order valence-corrected chi connectivity index (χ1v) is 6.56. The lowest BCUT2D eigenvalue weighted by atomic mass is 10.2. The van der Waals surface area contributed by atoms with Gasteiger partial charge in [-0.3, -0.25) is 10.1 Å². The normalized spacial score (nSPS) is 10.6. The number of para-hydroxylation sites is 3. The number of ether oxygens (including phenoxy) is 1. The molecule has 106 valence electrons. The molecule has 0 aliphatic carbocycles. The van der Waals surface area contributed by atoms with Crippen LogP contribution in [0, 0.1) is 0 Å². The Balaban J connectivity index is 1.95. The summed E-state index contributed by atoms with van der Waals surface area (Å²) < 4.78 is 7.06. The third kappa shape index (κ3) is 2.33. The van der Waals surface area contributed by atoms with Gasteiger partial charge in [0.05, 0.1) is 23.7 Å². The van der Waals surface area contributed by atoms with Crippen LogP contribution in [0.4, 0.5) is 5.95 Å². The molecule has 3 rings (SSSR count). The van der Waals surface area contributed by atoms with Crippen molar-refractivity contribution in [3.05, 3.63) is 54.1 Å². The van der Waals surface area contributed by atoms with Crippen LogP contribution in [0.3, 0.4) is 0 Å². The Labute approximate surface area is 122 Å². The third-order valence-corrected chi connectivity index (χ3v) is 3.36. The summed E-state index contributed by atoms with van der Waals surface area (Å²) in [6.07, 6.45) is 0. The monoisotopic (exact) mass is 281 g/mol. The number of hydrogen-bond acceptors (Lipinski definition) is 3. The van der Waals surface area contributed by atoms with Crippen molar-refractivity contribution in [2.75, 3.05) is 12.4 Å². The van der Waals surface area contributed by atoms with E-state index in [2.05, 4.69) is 10.3 Å².